The molecule has 0 atom stereocenters. The Bertz CT molecular complexity index is 556. The molecule has 0 amide bonds. The molecule has 0 aromatic heterocycles. The van der Waals surface area contributed by atoms with Crippen LogP contribution in [0.2, 0.25) is 0 Å². The first-order valence-electron chi connectivity index (χ1n) is 7.07. The van der Waals surface area contributed by atoms with E-state index in [1.165, 1.54) is 4.31 Å². The average molecular weight is 313 g/mol. The van der Waals surface area contributed by atoms with Crippen LogP contribution in [0.4, 0.5) is 5.69 Å². The quantitative estimate of drug-likeness (QED) is 0.822. The molecule has 1 aliphatic heterocycles. The molecule has 0 bridgehead atoms. The van der Waals surface area contributed by atoms with Crippen molar-refractivity contribution in [3.63, 3.8) is 0 Å². The third-order valence-corrected chi connectivity index (χ3v) is 5.45. The zero-order chi connectivity index (χ0) is 15.3. The van der Waals surface area contributed by atoms with E-state index in [2.05, 4.69) is 10.2 Å². The molecule has 6 nitrogen and oxygen atoms in total. The van der Waals surface area contributed by atoms with Crippen molar-refractivity contribution >= 4 is 15.7 Å². The van der Waals surface area contributed by atoms with Gasteiger partial charge in [0.25, 0.3) is 0 Å². The van der Waals surface area contributed by atoms with E-state index < -0.39 is 10.0 Å². The molecule has 0 aliphatic carbocycles. The predicted molar refractivity (Wildman–Crippen MR) is 84.5 cm³/mol. The van der Waals surface area contributed by atoms with Crippen molar-refractivity contribution in [1.29, 1.82) is 0 Å². The summed E-state index contributed by atoms with van der Waals surface area (Å²) in [6.45, 7) is 4.19. The summed E-state index contributed by atoms with van der Waals surface area (Å²) in [4.78, 5) is 2.17. The summed E-state index contributed by atoms with van der Waals surface area (Å²) in [5, 5.41) is 3.26. The summed E-state index contributed by atoms with van der Waals surface area (Å²) >= 11 is 0. The van der Waals surface area contributed by atoms with Crippen molar-refractivity contribution in [2.24, 2.45) is 0 Å². The summed E-state index contributed by atoms with van der Waals surface area (Å²) < 4.78 is 31.5. The molecular weight excluding hydrogens is 290 g/mol. The van der Waals surface area contributed by atoms with Gasteiger partial charge in [0.05, 0.1) is 18.6 Å². The fourth-order valence-electron chi connectivity index (χ4n) is 2.36. The van der Waals surface area contributed by atoms with Crippen LogP contribution in [0.5, 0.6) is 5.75 Å². The highest BCUT2D eigenvalue weighted by molar-refractivity contribution is 7.92. The third-order valence-electron chi connectivity index (χ3n) is 3.72. The van der Waals surface area contributed by atoms with Gasteiger partial charge >= 0.3 is 0 Å². The Balaban J connectivity index is 2.04. The summed E-state index contributed by atoms with van der Waals surface area (Å²) in [6.07, 6.45) is 0. The molecule has 1 N–H and O–H groups in total. The van der Waals surface area contributed by atoms with Crippen LogP contribution in [0.25, 0.3) is 0 Å². The van der Waals surface area contributed by atoms with Gasteiger partial charge in [-0.2, -0.15) is 0 Å². The minimum Gasteiger partial charge on any atom is -0.495 e. The average Bonchev–Trinajstić information content (AvgIpc) is 2.53. The van der Waals surface area contributed by atoms with E-state index in [1.54, 1.807) is 32.4 Å². The molecule has 0 unspecified atom stereocenters. The summed E-state index contributed by atoms with van der Waals surface area (Å²) in [7, 11) is -0.238. The molecule has 1 fully saturated rings. The summed E-state index contributed by atoms with van der Waals surface area (Å²) in [5.41, 5.74) is 0.570. The zero-order valence-corrected chi connectivity index (χ0v) is 13.4. The number of sulfonamides is 1. The Kier molecular flexibility index (Phi) is 5.44. The monoisotopic (exact) mass is 313 g/mol. The first-order chi connectivity index (χ1) is 10.0. The van der Waals surface area contributed by atoms with E-state index >= 15 is 0 Å². The molecule has 1 aliphatic rings. The van der Waals surface area contributed by atoms with Crippen molar-refractivity contribution in [3.8, 4) is 5.75 Å². The molecule has 1 heterocycles. The van der Waals surface area contributed by atoms with Crippen LogP contribution < -0.4 is 14.4 Å². The molecule has 1 aromatic carbocycles. The smallest absolute Gasteiger partial charge is 0.236 e. The Labute approximate surface area is 126 Å². The second-order valence-electron chi connectivity index (χ2n) is 5.05. The van der Waals surface area contributed by atoms with Gasteiger partial charge < -0.3 is 10.1 Å². The molecule has 2 rings (SSSR count). The molecule has 0 spiro atoms. The van der Waals surface area contributed by atoms with Gasteiger partial charge in [0.15, 0.2) is 0 Å². The van der Waals surface area contributed by atoms with Crippen molar-refractivity contribution in [1.82, 2.24) is 10.2 Å². The number of nitrogens with one attached hydrogen (secondary N) is 1. The number of para-hydroxylation sites is 2. The van der Waals surface area contributed by atoms with E-state index in [0.717, 1.165) is 26.2 Å². The molecule has 118 valence electrons. The highest BCUT2D eigenvalue weighted by Gasteiger charge is 2.22. The topological polar surface area (TPSA) is 61.9 Å². The van der Waals surface area contributed by atoms with Gasteiger partial charge in [-0.3, -0.25) is 9.21 Å². The van der Waals surface area contributed by atoms with Crippen LogP contribution in [0, 0.1) is 0 Å². The van der Waals surface area contributed by atoms with E-state index in [4.69, 9.17) is 4.74 Å². The Morgan fingerprint density at radius 3 is 2.62 bits per heavy atom. The van der Waals surface area contributed by atoms with Gasteiger partial charge in [0.2, 0.25) is 10.0 Å². The number of benzene rings is 1. The number of hydrogen-bond acceptors (Lipinski definition) is 5. The third kappa shape index (κ3) is 4.09. The number of rotatable bonds is 6. The second kappa shape index (κ2) is 7.11. The normalized spacial score (nSPS) is 16.7. The van der Waals surface area contributed by atoms with Gasteiger partial charge in [-0.15, -0.1) is 0 Å². The van der Waals surface area contributed by atoms with Crippen LogP contribution in [0.3, 0.4) is 0 Å². The predicted octanol–water partition coefficient (Wildman–Crippen LogP) is 0.366. The number of hydrogen-bond donors (Lipinski definition) is 1. The molecule has 7 heteroatoms. The maximum absolute atomic E-state index is 12.5. The maximum Gasteiger partial charge on any atom is 0.236 e. The molecule has 1 saturated heterocycles. The lowest BCUT2D eigenvalue weighted by molar-refractivity contribution is 0.254. The van der Waals surface area contributed by atoms with Gasteiger partial charge in [-0.05, 0) is 12.1 Å². The first-order valence-corrected chi connectivity index (χ1v) is 8.68. The van der Waals surface area contributed by atoms with Crippen LogP contribution in [-0.4, -0.2) is 66.0 Å². The summed E-state index contributed by atoms with van der Waals surface area (Å²) in [6, 6.07) is 7.14. The van der Waals surface area contributed by atoms with Gasteiger partial charge in [-0.1, -0.05) is 12.1 Å². The Morgan fingerprint density at radius 2 is 1.95 bits per heavy atom. The number of methoxy groups -OCH3 is 1. The lowest BCUT2D eigenvalue weighted by Gasteiger charge is -2.28. The molecule has 0 radical (unpaired) electrons. The van der Waals surface area contributed by atoms with E-state index in [9.17, 15) is 8.42 Å². The Hall–Kier alpha value is -1.31. The Morgan fingerprint density at radius 1 is 1.29 bits per heavy atom. The number of anilines is 1. The molecular formula is C14H23N3O3S. The summed E-state index contributed by atoms with van der Waals surface area (Å²) in [5.74, 6) is 0.674. The largest absolute Gasteiger partial charge is 0.495 e. The van der Waals surface area contributed by atoms with Crippen LogP contribution in [0.15, 0.2) is 24.3 Å². The van der Waals surface area contributed by atoms with Crippen LogP contribution in [-0.2, 0) is 10.0 Å². The van der Waals surface area contributed by atoms with E-state index in [-0.39, 0.29) is 5.75 Å². The van der Waals surface area contributed by atoms with Gasteiger partial charge in [0.1, 0.15) is 5.75 Å². The zero-order valence-electron chi connectivity index (χ0n) is 12.6. The van der Waals surface area contributed by atoms with Crippen molar-refractivity contribution in [3.05, 3.63) is 24.3 Å². The molecule has 21 heavy (non-hydrogen) atoms. The van der Waals surface area contributed by atoms with Crippen molar-refractivity contribution < 1.29 is 13.2 Å². The minimum atomic E-state index is -3.35. The molecule has 1 aromatic rings. The lowest BCUT2D eigenvalue weighted by Crippen LogP contribution is -2.46. The SMILES string of the molecule is COc1ccccc1N(C)S(=O)(=O)CCN1CCNCC1. The van der Waals surface area contributed by atoms with Crippen molar-refractivity contribution in [2.75, 3.05) is 56.9 Å². The lowest BCUT2D eigenvalue weighted by atomic mass is 10.3. The number of nitrogens with zero attached hydrogens (tertiary/aromatic N) is 2. The number of ether oxygens (including phenoxy) is 1. The minimum absolute atomic E-state index is 0.113. The fourth-order valence-corrected chi connectivity index (χ4v) is 3.57. The first kappa shape index (κ1) is 16.1. The van der Waals surface area contributed by atoms with Crippen molar-refractivity contribution in [2.45, 2.75) is 0 Å². The van der Waals surface area contributed by atoms with Gasteiger partial charge in [-0.25, -0.2) is 8.42 Å². The molecule has 0 saturated carbocycles. The van der Waals surface area contributed by atoms with Crippen LogP contribution >= 0.6 is 0 Å². The van der Waals surface area contributed by atoms with E-state index in [1.807, 2.05) is 6.07 Å². The van der Waals surface area contributed by atoms with Gasteiger partial charge in [0, 0.05) is 39.8 Å². The van der Waals surface area contributed by atoms with E-state index in [0.29, 0.717) is 18.0 Å². The standard InChI is InChI=1S/C14H23N3O3S/c1-16(13-5-3-4-6-14(13)20-2)21(18,19)12-11-17-9-7-15-8-10-17/h3-6,15H,7-12H2,1-2H3. The number of piperazine rings is 1. The van der Waals surface area contributed by atoms with Crippen LogP contribution in [0.1, 0.15) is 0 Å². The fraction of sp³-hybridized carbons (Fsp3) is 0.571. The highest BCUT2D eigenvalue weighted by Crippen LogP contribution is 2.28. The highest BCUT2D eigenvalue weighted by atomic mass is 32.2. The second-order valence-corrected chi connectivity index (χ2v) is 7.17. The maximum atomic E-state index is 12.5.